The molecule has 1 aliphatic heterocycles. The van der Waals surface area contributed by atoms with Crippen molar-refractivity contribution in [1.82, 2.24) is 4.57 Å². The maximum Gasteiger partial charge on any atom is 0.272 e. The summed E-state index contributed by atoms with van der Waals surface area (Å²) in [6, 6.07) is 14.4. The number of pyridine rings is 1. The molecule has 6 heteroatoms. The van der Waals surface area contributed by atoms with Crippen LogP contribution in [0.4, 0.5) is 5.69 Å². The van der Waals surface area contributed by atoms with Crippen LogP contribution in [0, 0.1) is 0 Å². The third-order valence-corrected chi connectivity index (χ3v) is 7.23. The fourth-order valence-electron chi connectivity index (χ4n) is 3.31. The zero-order valence-electron chi connectivity index (χ0n) is 16.0. The Hall–Kier alpha value is -2.57. The van der Waals surface area contributed by atoms with Crippen LogP contribution in [0.3, 0.4) is 0 Å². The molecule has 4 nitrogen and oxygen atoms in total. The molecule has 0 N–H and O–H groups in total. The lowest BCUT2D eigenvalue weighted by Crippen LogP contribution is -2.37. The van der Waals surface area contributed by atoms with Crippen molar-refractivity contribution in [3.05, 3.63) is 86.6 Å². The summed E-state index contributed by atoms with van der Waals surface area (Å²) >= 11 is 3.21. The summed E-state index contributed by atoms with van der Waals surface area (Å²) in [7, 11) is 2.02. The van der Waals surface area contributed by atoms with Crippen molar-refractivity contribution in [1.29, 1.82) is 0 Å². The van der Waals surface area contributed by atoms with Crippen molar-refractivity contribution in [2.75, 3.05) is 11.9 Å². The quantitative estimate of drug-likeness (QED) is 0.491. The Labute approximate surface area is 172 Å². The number of benzene rings is 1. The molecule has 0 atom stereocenters. The van der Waals surface area contributed by atoms with Crippen molar-refractivity contribution in [2.24, 2.45) is 0 Å². The van der Waals surface area contributed by atoms with Crippen LogP contribution < -0.4 is 24.2 Å². The van der Waals surface area contributed by atoms with Crippen molar-refractivity contribution < 1.29 is 4.57 Å². The average Bonchev–Trinajstić information content (AvgIpc) is 3.20. The van der Waals surface area contributed by atoms with Gasteiger partial charge in [0.1, 0.15) is 20.8 Å². The Bertz CT molecular complexity index is 1220. The first-order valence-electron chi connectivity index (χ1n) is 9.19. The fraction of sp³-hybridized carbons (Fsp3) is 0.182. The van der Waals surface area contributed by atoms with Gasteiger partial charge in [0.15, 0.2) is 6.20 Å². The number of hydrogen-bond donors (Lipinski definition) is 0. The molecule has 1 aliphatic rings. The van der Waals surface area contributed by atoms with Gasteiger partial charge in [-0.15, -0.1) is 17.9 Å². The van der Waals surface area contributed by atoms with E-state index in [0.29, 0.717) is 6.54 Å². The standard InChI is InChI=1S/C22H22N3OS2/c1-4-13-25-19(15-16-10-8-9-14-24(16)5-2)28-20(21(25)26)22-23(3)17-11-6-7-12-18(17)27-22/h4,6-12,14-15H,1,5,13H2,2-3H3/q+1/b22-20+. The van der Waals surface area contributed by atoms with E-state index in [9.17, 15) is 4.79 Å². The predicted molar refractivity (Wildman–Crippen MR) is 118 cm³/mol. The minimum absolute atomic E-state index is 0.0392. The lowest BCUT2D eigenvalue weighted by molar-refractivity contribution is -0.695. The Morgan fingerprint density at radius 3 is 2.71 bits per heavy atom. The third kappa shape index (κ3) is 3.23. The van der Waals surface area contributed by atoms with Gasteiger partial charge in [0.25, 0.3) is 5.56 Å². The molecule has 0 amide bonds. The molecule has 0 unspecified atom stereocenters. The second-order valence-corrected chi connectivity index (χ2v) is 8.52. The Morgan fingerprint density at radius 2 is 1.96 bits per heavy atom. The Kier molecular flexibility index (Phi) is 5.24. The van der Waals surface area contributed by atoms with Gasteiger partial charge in [-0.05, 0) is 25.1 Å². The van der Waals surface area contributed by atoms with Crippen molar-refractivity contribution in [2.45, 2.75) is 24.9 Å². The van der Waals surface area contributed by atoms with Crippen LogP contribution in [0.5, 0.6) is 0 Å². The number of fused-ring (bicyclic) bond motifs is 1. The first-order chi connectivity index (χ1) is 13.6. The molecular formula is C22H22N3OS2+. The van der Waals surface area contributed by atoms with E-state index in [1.165, 1.54) is 4.90 Å². The van der Waals surface area contributed by atoms with Crippen LogP contribution >= 0.6 is 23.1 Å². The van der Waals surface area contributed by atoms with E-state index >= 15 is 0 Å². The number of thiazole rings is 1. The molecule has 0 saturated heterocycles. The molecule has 3 aromatic rings. The summed E-state index contributed by atoms with van der Waals surface area (Å²) < 4.78 is 5.69. The van der Waals surface area contributed by atoms with Crippen LogP contribution in [-0.4, -0.2) is 11.6 Å². The maximum absolute atomic E-state index is 13.2. The molecule has 28 heavy (non-hydrogen) atoms. The van der Waals surface area contributed by atoms with Gasteiger partial charge >= 0.3 is 0 Å². The van der Waals surface area contributed by atoms with E-state index in [0.717, 1.165) is 32.2 Å². The molecular weight excluding hydrogens is 386 g/mol. The van der Waals surface area contributed by atoms with Crippen molar-refractivity contribution in [3.8, 4) is 0 Å². The molecule has 0 radical (unpaired) electrons. The van der Waals surface area contributed by atoms with Gasteiger partial charge < -0.3 is 4.90 Å². The summed E-state index contributed by atoms with van der Waals surface area (Å²) in [5.74, 6) is 0. The van der Waals surface area contributed by atoms with E-state index in [1.54, 1.807) is 29.2 Å². The van der Waals surface area contributed by atoms with Gasteiger partial charge in [0, 0.05) is 36.7 Å². The fourth-order valence-corrected chi connectivity index (χ4v) is 5.71. The van der Waals surface area contributed by atoms with E-state index in [-0.39, 0.29) is 5.56 Å². The number of anilines is 1. The SMILES string of the molecule is C=CCn1c(=O)/c(=C2\Sc3ccccc3N2C)s/c1=C\c1cccc[n+]1CC. The van der Waals surface area contributed by atoms with Gasteiger partial charge in [-0.1, -0.05) is 30.0 Å². The van der Waals surface area contributed by atoms with Gasteiger partial charge in [-0.3, -0.25) is 9.36 Å². The predicted octanol–water partition coefficient (Wildman–Crippen LogP) is 2.54. The van der Waals surface area contributed by atoms with Crippen LogP contribution in [0.25, 0.3) is 11.1 Å². The summed E-state index contributed by atoms with van der Waals surface area (Å²) in [5.41, 5.74) is 2.26. The zero-order chi connectivity index (χ0) is 19.7. The summed E-state index contributed by atoms with van der Waals surface area (Å²) in [4.78, 5) is 16.5. The van der Waals surface area contributed by atoms with Crippen molar-refractivity contribution >= 4 is 39.9 Å². The third-order valence-electron chi connectivity index (χ3n) is 4.74. The molecule has 0 fully saturated rings. The van der Waals surface area contributed by atoms with Crippen LogP contribution in [0.2, 0.25) is 0 Å². The Morgan fingerprint density at radius 1 is 1.18 bits per heavy atom. The van der Waals surface area contributed by atoms with Gasteiger partial charge in [0.05, 0.1) is 5.69 Å². The highest BCUT2D eigenvalue weighted by Gasteiger charge is 2.24. The summed E-state index contributed by atoms with van der Waals surface area (Å²) in [6.07, 6.45) is 5.93. The first-order valence-corrected chi connectivity index (χ1v) is 10.8. The number of hydrogen-bond acceptors (Lipinski definition) is 4. The maximum atomic E-state index is 13.2. The van der Waals surface area contributed by atoms with E-state index in [4.69, 9.17) is 0 Å². The number of aryl methyl sites for hydroxylation is 1. The second-order valence-electron chi connectivity index (χ2n) is 6.46. The Balaban J connectivity index is 1.96. The molecule has 4 rings (SSSR count). The number of nitrogens with zero attached hydrogens (tertiary/aromatic N) is 3. The van der Waals surface area contributed by atoms with Crippen LogP contribution in [0.15, 0.2) is 71.0 Å². The molecule has 142 valence electrons. The lowest BCUT2D eigenvalue weighted by atomic mass is 10.3. The van der Waals surface area contributed by atoms with Crippen LogP contribution in [0.1, 0.15) is 12.6 Å². The van der Waals surface area contributed by atoms with E-state index in [1.807, 2.05) is 35.9 Å². The topological polar surface area (TPSA) is 29.1 Å². The summed E-state index contributed by atoms with van der Waals surface area (Å²) in [6.45, 7) is 7.32. The number of aromatic nitrogens is 2. The number of thioether (sulfide) groups is 1. The van der Waals surface area contributed by atoms with Gasteiger partial charge in [-0.25, -0.2) is 0 Å². The smallest absolute Gasteiger partial charge is 0.272 e. The molecule has 3 heterocycles. The highest BCUT2D eigenvalue weighted by atomic mass is 32.2. The normalized spacial score (nSPS) is 15.8. The number of para-hydroxylation sites is 1. The minimum Gasteiger partial charge on any atom is -0.337 e. The zero-order valence-corrected chi connectivity index (χ0v) is 17.6. The molecule has 0 bridgehead atoms. The second kappa shape index (κ2) is 7.81. The minimum atomic E-state index is 0.0392. The molecule has 2 aromatic heterocycles. The highest BCUT2D eigenvalue weighted by molar-refractivity contribution is 8.08. The van der Waals surface area contributed by atoms with E-state index < -0.39 is 0 Å². The van der Waals surface area contributed by atoms with Crippen LogP contribution in [-0.2, 0) is 13.1 Å². The summed E-state index contributed by atoms with van der Waals surface area (Å²) in [5, 5.41) is 0.991. The van der Waals surface area contributed by atoms with E-state index in [2.05, 4.69) is 53.4 Å². The average molecular weight is 409 g/mol. The number of rotatable bonds is 4. The van der Waals surface area contributed by atoms with Gasteiger partial charge in [-0.2, -0.15) is 4.57 Å². The lowest BCUT2D eigenvalue weighted by Gasteiger charge is -2.11. The van der Waals surface area contributed by atoms with Crippen molar-refractivity contribution in [3.63, 3.8) is 0 Å². The molecule has 0 spiro atoms. The first kappa shape index (κ1) is 18.8. The largest absolute Gasteiger partial charge is 0.337 e. The molecule has 0 aliphatic carbocycles. The number of allylic oxidation sites excluding steroid dienone is 1. The van der Waals surface area contributed by atoms with Gasteiger partial charge in [0.2, 0.25) is 5.69 Å². The molecule has 1 aromatic carbocycles. The molecule has 0 saturated carbocycles. The highest BCUT2D eigenvalue weighted by Crippen LogP contribution is 2.44. The monoisotopic (exact) mass is 408 g/mol.